The summed E-state index contributed by atoms with van der Waals surface area (Å²) in [5, 5.41) is 4.91. The number of hydrogen-bond donors (Lipinski definition) is 0. The van der Waals surface area contributed by atoms with Gasteiger partial charge in [-0.3, -0.25) is 14.3 Å². The van der Waals surface area contributed by atoms with Gasteiger partial charge in [-0.2, -0.15) is 22.6 Å². The number of sulfonamides is 1. The number of piperidine rings is 2. The molecule has 0 bridgehead atoms. The summed E-state index contributed by atoms with van der Waals surface area (Å²) in [5.41, 5.74) is 1.76. The minimum Gasteiger partial charge on any atom is -0.340 e. The molecule has 0 aliphatic carbocycles. The zero-order chi connectivity index (χ0) is 34.9. The third-order valence-corrected chi connectivity index (χ3v) is 12.8. The van der Waals surface area contributed by atoms with Crippen molar-refractivity contribution in [3.05, 3.63) is 35.0 Å². The molecule has 1 aromatic carbocycles. The Labute approximate surface area is 291 Å². The van der Waals surface area contributed by atoms with Gasteiger partial charge >= 0.3 is 6.18 Å². The molecule has 0 radical (unpaired) electrons. The molecule has 2 aromatic rings. The largest absolute Gasteiger partial charge is 0.417 e. The number of halogens is 3. The maximum Gasteiger partial charge on any atom is 0.417 e. The van der Waals surface area contributed by atoms with Crippen LogP contribution in [0.5, 0.6) is 0 Å². The second kappa shape index (κ2) is 14.9. The summed E-state index contributed by atoms with van der Waals surface area (Å²) in [7, 11) is -3.50. The zero-order valence-electron chi connectivity index (χ0n) is 28.4. The molecule has 1 atom stereocenters. The zero-order valence-corrected chi connectivity index (χ0v) is 30.0. The van der Waals surface area contributed by atoms with E-state index in [1.54, 1.807) is 4.90 Å². The van der Waals surface area contributed by atoms with Gasteiger partial charge in [-0.25, -0.2) is 8.42 Å². The molecule has 49 heavy (non-hydrogen) atoms. The summed E-state index contributed by atoms with van der Waals surface area (Å²) in [6, 6.07) is 4.30. The number of aromatic nitrogens is 2. The number of carbonyl (C=O) groups is 2. The van der Waals surface area contributed by atoms with Gasteiger partial charge in [-0.05, 0) is 70.5 Å². The van der Waals surface area contributed by atoms with Crippen molar-refractivity contribution in [2.45, 2.75) is 101 Å². The molecular formula is C34H47F3N6O4S2. The number of fused-ring (bicyclic) bond motifs is 1. The Kier molecular flexibility index (Phi) is 11.0. The highest BCUT2D eigenvalue weighted by Gasteiger charge is 2.36. The van der Waals surface area contributed by atoms with Crippen molar-refractivity contribution >= 4 is 33.6 Å². The average molecular weight is 725 g/mol. The number of hydrogen-bond acceptors (Lipinski definition) is 7. The Bertz CT molecular complexity index is 1640. The topological polar surface area (TPSA) is 99.1 Å². The third kappa shape index (κ3) is 8.31. The van der Waals surface area contributed by atoms with Crippen molar-refractivity contribution in [1.82, 2.24) is 28.8 Å². The first-order valence-corrected chi connectivity index (χ1v) is 20.3. The molecule has 1 unspecified atom stereocenters. The van der Waals surface area contributed by atoms with E-state index < -0.39 is 21.8 Å². The van der Waals surface area contributed by atoms with E-state index in [-0.39, 0.29) is 35.0 Å². The first-order chi connectivity index (χ1) is 23.3. The van der Waals surface area contributed by atoms with Crippen molar-refractivity contribution in [3.63, 3.8) is 0 Å². The van der Waals surface area contributed by atoms with Crippen molar-refractivity contribution in [3.8, 4) is 11.3 Å². The molecule has 270 valence electrons. The Morgan fingerprint density at radius 3 is 2.45 bits per heavy atom. The van der Waals surface area contributed by atoms with Crippen LogP contribution in [0.4, 0.5) is 13.2 Å². The summed E-state index contributed by atoms with van der Waals surface area (Å²) in [4.78, 5) is 31.4. The number of carbonyl (C=O) groups excluding carboxylic acids is 2. The molecule has 0 spiro atoms. The SMILES string of the molecule is CC1CCCCN1C(=O)CSc1cc(-c2nn(CCCN3CCC(N4CCCC4=O)CC3)c3c2CN(S(C)(=O)=O)CC3)ccc1C(F)(F)F. The van der Waals surface area contributed by atoms with Gasteiger partial charge in [0.15, 0.2) is 0 Å². The van der Waals surface area contributed by atoms with E-state index in [4.69, 9.17) is 5.10 Å². The maximum atomic E-state index is 14.2. The Hall–Kier alpha value is -2.62. The van der Waals surface area contributed by atoms with Crippen molar-refractivity contribution < 1.29 is 31.2 Å². The van der Waals surface area contributed by atoms with Crippen LogP contribution in [-0.2, 0) is 45.3 Å². The van der Waals surface area contributed by atoms with Crippen LogP contribution in [0.15, 0.2) is 23.1 Å². The van der Waals surface area contributed by atoms with Crippen molar-refractivity contribution in [1.29, 1.82) is 0 Å². The van der Waals surface area contributed by atoms with Crippen LogP contribution in [0.1, 0.15) is 75.1 Å². The Morgan fingerprint density at radius 1 is 1.00 bits per heavy atom. The molecule has 4 aliphatic rings. The van der Waals surface area contributed by atoms with Crippen LogP contribution in [0.3, 0.4) is 0 Å². The van der Waals surface area contributed by atoms with E-state index in [9.17, 15) is 31.2 Å². The number of benzene rings is 1. The number of thioether (sulfide) groups is 1. The summed E-state index contributed by atoms with van der Waals surface area (Å²) in [5.74, 6) is -0.00180. The third-order valence-electron chi connectivity index (χ3n) is 10.6. The molecular weight excluding hydrogens is 678 g/mol. The number of likely N-dealkylation sites (tertiary alicyclic amines) is 3. The molecule has 6 rings (SSSR count). The number of aryl methyl sites for hydroxylation is 1. The highest BCUT2D eigenvalue weighted by molar-refractivity contribution is 8.00. The number of alkyl halides is 3. The summed E-state index contributed by atoms with van der Waals surface area (Å²) in [6.45, 7) is 7.15. The fourth-order valence-corrected chi connectivity index (χ4v) is 9.62. The molecule has 5 heterocycles. The lowest BCUT2D eigenvalue weighted by molar-refractivity contribution is -0.140. The fraction of sp³-hybridized carbons (Fsp3) is 0.676. The van der Waals surface area contributed by atoms with Gasteiger partial charge in [0.25, 0.3) is 0 Å². The molecule has 3 fully saturated rings. The molecule has 2 amide bonds. The Morgan fingerprint density at radius 2 is 1.78 bits per heavy atom. The molecule has 1 aromatic heterocycles. The second-order valence-corrected chi connectivity index (χ2v) is 16.9. The van der Waals surface area contributed by atoms with Crippen LogP contribution in [0, 0.1) is 0 Å². The minimum atomic E-state index is -4.60. The predicted octanol–water partition coefficient (Wildman–Crippen LogP) is 4.86. The molecule has 0 N–H and O–H groups in total. The smallest absolute Gasteiger partial charge is 0.340 e. The minimum absolute atomic E-state index is 0.0406. The van der Waals surface area contributed by atoms with Gasteiger partial charge in [-0.1, -0.05) is 6.07 Å². The molecule has 0 saturated carbocycles. The fourth-order valence-electron chi connectivity index (χ4n) is 7.83. The number of nitrogens with zero attached hydrogens (tertiary/aromatic N) is 6. The van der Waals surface area contributed by atoms with E-state index in [1.807, 2.05) is 16.5 Å². The molecule has 3 saturated heterocycles. The van der Waals surface area contributed by atoms with Gasteiger partial charge in [0, 0.05) is 92.5 Å². The van der Waals surface area contributed by atoms with E-state index in [0.717, 1.165) is 101 Å². The molecule has 15 heteroatoms. The van der Waals surface area contributed by atoms with E-state index in [1.165, 1.54) is 16.4 Å². The van der Waals surface area contributed by atoms with Crippen LogP contribution >= 0.6 is 11.8 Å². The van der Waals surface area contributed by atoms with Gasteiger partial charge in [0.1, 0.15) is 0 Å². The summed E-state index contributed by atoms with van der Waals surface area (Å²) in [6.07, 6.45) is 4.16. The van der Waals surface area contributed by atoms with Gasteiger partial charge in [0.2, 0.25) is 21.8 Å². The standard InChI is InChI=1S/C34H47F3N6O4S2/c1-24-7-3-4-15-41(24)32(45)23-48-30-21-25(9-10-28(30)34(35,36)37)33-27-22-40(49(2,46)47)20-13-29(27)43(38-33)17-6-14-39-18-11-26(12-19-39)42-16-5-8-31(42)44/h9-10,21,24,26H,3-8,11-20,22-23H2,1-2H3. The highest BCUT2D eigenvalue weighted by atomic mass is 32.2. The first kappa shape index (κ1) is 36.2. The van der Waals surface area contributed by atoms with Gasteiger partial charge in [0.05, 0.1) is 23.3 Å². The maximum absolute atomic E-state index is 14.2. The molecule has 4 aliphatic heterocycles. The van der Waals surface area contributed by atoms with E-state index >= 15 is 0 Å². The van der Waals surface area contributed by atoms with Crippen LogP contribution in [0.25, 0.3) is 11.3 Å². The normalized spacial score (nSPS) is 21.8. The van der Waals surface area contributed by atoms with Gasteiger partial charge in [-0.15, -0.1) is 11.8 Å². The van der Waals surface area contributed by atoms with E-state index in [2.05, 4.69) is 4.90 Å². The lowest BCUT2D eigenvalue weighted by Gasteiger charge is -2.36. The Balaban J connectivity index is 1.20. The summed E-state index contributed by atoms with van der Waals surface area (Å²) >= 11 is 0.894. The lowest BCUT2D eigenvalue weighted by Crippen LogP contribution is -2.45. The van der Waals surface area contributed by atoms with Crippen LogP contribution < -0.4 is 0 Å². The highest BCUT2D eigenvalue weighted by Crippen LogP contribution is 2.40. The molecule has 10 nitrogen and oxygen atoms in total. The number of amides is 2. The quantitative estimate of drug-likeness (QED) is 0.323. The number of rotatable bonds is 10. The summed E-state index contributed by atoms with van der Waals surface area (Å²) < 4.78 is 70.9. The van der Waals surface area contributed by atoms with E-state index in [0.29, 0.717) is 55.3 Å². The lowest BCUT2D eigenvalue weighted by atomic mass is 10.0. The van der Waals surface area contributed by atoms with Crippen LogP contribution in [0.2, 0.25) is 0 Å². The van der Waals surface area contributed by atoms with Gasteiger partial charge < -0.3 is 14.7 Å². The van der Waals surface area contributed by atoms with Crippen molar-refractivity contribution in [2.24, 2.45) is 0 Å². The predicted molar refractivity (Wildman–Crippen MR) is 182 cm³/mol. The van der Waals surface area contributed by atoms with Crippen molar-refractivity contribution in [2.75, 3.05) is 51.3 Å². The average Bonchev–Trinajstić information content (AvgIpc) is 3.66. The monoisotopic (exact) mass is 724 g/mol. The first-order valence-electron chi connectivity index (χ1n) is 17.5. The van der Waals surface area contributed by atoms with Crippen LogP contribution in [-0.4, -0.2) is 112 Å². The second-order valence-electron chi connectivity index (χ2n) is 13.9.